The summed E-state index contributed by atoms with van der Waals surface area (Å²) in [6.07, 6.45) is -2.84. The number of carbonyl (C=O) groups is 2. The lowest BCUT2D eigenvalue weighted by Gasteiger charge is -2.30. The predicted octanol–water partition coefficient (Wildman–Crippen LogP) is 3.22. The first-order valence-electron chi connectivity index (χ1n) is 9.05. The number of likely N-dealkylation sites (tertiary alicyclic amines) is 1. The Morgan fingerprint density at radius 1 is 1.41 bits per heavy atom. The third-order valence-electron chi connectivity index (χ3n) is 4.59. The van der Waals surface area contributed by atoms with Crippen molar-refractivity contribution in [1.82, 2.24) is 4.90 Å². The monoisotopic (exact) mass is 417 g/mol. The number of carbonyl (C=O) groups excluding carboxylic acids is 2. The van der Waals surface area contributed by atoms with Crippen LogP contribution in [0.15, 0.2) is 18.2 Å². The maximum absolute atomic E-state index is 12.8. The van der Waals surface area contributed by atoms with E-state index in [0.29, 0.717) is 31.1 Å². The van der Waals surface area contributed by atoms with Crippen LogP contribution in [0.5, 0.6) is 0 Å². The number of anilines is 1. The molecule has 1 aromatic carbocycles. The zero-order valence-corrected chi connectivity index (χ0v) is 16.0. The molecule has 1 aliphatic rings. The Bertz CT molecular complexity index is 784. The highest BCUT2D eigenvalue weighted by Crippen LogP contribution is 2.35. The van der Waals surface area contributed by atoms with Gasteiger partial charge in [-0.05, 0) is 37.8 Å². The number of piperidine rings is 1. The number of nitro groups is 1. The quantitative estimate of drug-likeness (QED) is 0.433. The molecule has 29 heavy (non-hydrogen) atoms. The first-order valence-corrected chi connectivity index (χ1v) is 9.05. The fraction of sp³-hybridized carbons (Fsp3) is 0.556. The molecule has 160 valence electrons. The molecule has 8 nitrogen and oxygen atoms in total. The van der Waals surface area contributed by atoms with E-state index in [1.165, 1.54) is 6.92 Å². The standard InChI is InChI=1S/C18H22F3N3O5/c1-11-4-3-7-23(9-11)16(25)10-29-17(26)12(2)22-14-6-5-13(18(19,20)21)8-15(14)24(27)28/h5-6,8,11-12,22H,3-4,7,9-10H2,1-2H3/t11-,12-/m0/s1. The smallest absolute Gasteiger partial charge is 0.416 e. The van der Waals surface area contributed by atoms with Crippen molar-refractivity contribution < 1.29 is 32.4 Å². The number of benzene rings is 1. The average Bonchev–Trinajstić information content (AvgIpc) is 2.64. The number of amides is 1. The SMILES string of the molecule is C[C@H]1CCCN(C(=O)COC(=O)[C@H](C)Nc2ccc(C(F)(F)F)cc2[N+](=O)[O-])C1. The van der Waals surface area contributed by atoms with Gasteiger partial charge in [-0.1, -0.05) is 6.92 Å². The second-order valence-electron chi connectivity index (χ2n) is 7.05. The second-order valence-corrected chi connectivity index (χ2v) is 7.05. The topological polar surface area (TPSA) is 102 Å². The van der Waals surface area contributed by atoms with Crippen molar-refractivity contribution in [1.29, 1.82) is 0 Å². The van der Waals surface area contributed by atoms with Crippen LogP contribution in [0.3, 0.4) is 0 Å². The van der Waals surface area contributed by atoms with Crippen molar-refractivity contribution in [3.63, 3.8) is 0 Å². The predicted molar refractivity (Wildman–Crippen MR) is 97.1 cm³/mol. The molecule has 1 saturated heterocycles. The van der Waals surface area contributed by atoms with E-state index in [0.717, 1.165) is 18.9 Å². The van der Waals surface area contributed by atoms with Gasteiger partial charge in [-0.2, -0.15) is 13.2 Å². The number of nitrogens with one attached hydrogen (secondary N) is 1. The number of hydrogen-bond acceptors (Lipinski definition) is 6. The minimum absolute atomic E-state index is 0.261. The first kappa shape index (κ1) is 22.4. The average molecular weight is 417 g/mol. The van der Waals surface area contributed by atoms with Gasteiger partial charge in [0.25, 0.3) is 11.6 Å². The van der Waals surface area contributed by atoms with Crippen LogP contribution in [0.1, 0.15) is 32.3 Å². The largest absolute Gasteiger partial charge is 0.454 e. The summed E-state index contributed by atoms with van der Waals surface area (Å²) in [5.74, 6) is -0.820. The van der Waals surface area contributed by atoms with Gasteiger partial charge in [0, 0.05) is 19.2 Å². The molecular formula is C18H22F3N3O5. The fourth-order valence-electron chi connectivity index (χ4n) is 3.04. The molecular weight excluding hydrogens is 395 g/mol. The number of ether oxygens (including phenoxy) is 1. The number of rotatable bonds is 6. The van der Waals surface area contributed by atoms with Gasteiger partial charge < -0.3 is 15.0 Å². The van der Waals surface area contributed by atoms with Crippen LogP contribution in [0.25, 0.3) is 0 Å². The molecule has 1 aliphatic heterocycles. The Labute approximate surface area is 165 Å². The second kappa shape index (κ2) is 9.10. The van der Waals surface area contributed by atoms with Crippen molar-refractivity contribution in [3.8, 4) is 0 Å². The molecule has 1 N–H and O–H groups in total. The van der Waals surface area contributed by atoms with Crippen molar-refractivity contribution >= 4 is 23.3 Å². The number of nitro benzene ring substituents is 1. The van der Waals surface area contributed by atoms with Crippen LogP contribution < -0.4 is 5.32 Å². The van der Waals surface area contributed by atoms with E-state index in [-0.39, 0.29) is 11.6 Å². The Balaban J connectivity index is 1.98. The maximum Gasteiger partial charge on any atom is 0.416 e. The lowest BCUT2D eigenvalue weighted by Crippen LogP contribution is -2.42. The fourth-order valence-corrected chi connectivity index (χ4v) is 3.04. The summed E-state index contributed by atoms with van der Waals surface area (Å²) in [5.41, 5.74) is -2.26. The number of alkyl halides is 3. The van der Waals surface area contributed by atoms with Crippen LogP contribution in [0.4, 0.5) is 24.5 Å². The molecule has 1 aromatic rings. The third kappa shape index (κ3) is 6.06. The van der Waals surface area contributed by atoms with Crippen LogP contribution in [0, 0.1) is 16.0 Å². The lowest BCUT2D eigenvalue weighted by atomic mass is 10.0. The van der Waals surface area contributed by atoms with Gasteiger partial charge in [-0.15, -0.1) is 0 Å². The van der Waals surface area contributed by atoms with Crippen LogP contribution >= 0.6 is 0 Å². The molecule has 0 aromatic heterocycles. The highest BCUT2D eigenvalue weighted by Gasteiger charge is 2.33. The molecule has 2 atom stereocenters. The zero-order chi connectivity index (χ0) is 21.8. The van der Waals surface area contributed by atoms with E-state index in [1.54, 1.807) is 4.90 Å². The van der Waals surface area contributed by atoms with Crippen LogP contribution in [-0.4, -0.2) is 47.4 Å². The molecule has 0 saturated carbocycles. The first-order chi connectivity index (χ1) is 13.5. The molecule has 0 unspecified atom stereocenters. The summed E-state index contributed by atoms with van der Waals surface area (Å²) < 4.78 is 43.2. The van der Waals surface area contributed by atoms with E-state index < -0.39 is 41.0 Å². The third-order valence-corrected chi connectivity index (χ3v) is 4.59. The molecule has 1 amide bonds. The minimum atomic E-state index is -4.74. The Morgan fingerprint density at radius 2 is 2.10 bits per heavy atom. The highest BCUT2D eigenvalue weighted by atomic mass is 19.4. The van der Waals surface area contributed by atoms with Crippen LogP contribution in [0.2, 0.25) is 0 Å². The molecule has 0 bridgehead atoms. The lowest BCUT2D eigenvalue weighted by molar-refractivity contribution is -0.384. The molecule has 1 heterocycles. The van der Waals surface area contributed by atoms with Crippen molar-refractivity contribution in [2.24, 2.45) is 5.92 Å². The number of halogens is 3. The minimum Gasteiger partial charge on any atom is -0.454 e. The maximum atomic E-state index is 12.8. The van der Waals surface area contributed by atoms with E-state index >= 15 is 0 Å². The zero-order valence-electron chi connectivity index (χ0n) is 16.0. The summed E-state index contributed by atoms with van der Waals surface area (Å²) in [4.78, 5) is 36.0. The summed E-state index contributed by atoms with van der Waals surface area (Å²) >= 11 is 0. The normalized spacial score (nSPS) is 18.1. The molecule has 0 radical (unpaired) electrons. The summed E-state index contributed by atoms with van der Waals surface area (Å²) in [7, 11) is 0. The van der Waals surface area contributed by atoms with E-state index in [2.05, 4.69) is 5.32 Å². The van der Waals surface area contributed by atoms with Gasteiger partial charge in [0.05, 0.1) is 10.5 Å². The van der Waals surface area contributed by atoms with Crippen molar-refractivity contribution in [3.05, 3.63) is 33.9 Å². The van der Waals surface area contributed by atoms with Gasteiger partial charge in [0.2, 0.25) is 0 Å². The Hall–Kier alpha value is -2.85. The number of hydrogen-bond donors (Lipinski definition) is 1. The summed E-state index contributed by atoms with van der Waals surface area (Å²) in [6, 6.07) is 0.833. The number of esters is 1. The van der Waals surface area contributed by atoms with Gasteiger partial charge in [-0.25, -0.2) is 4.79 Å². The van der Waals surface area contributed by atoms with E-state index in [9.17, 15) is 32.9 Å². The van der Waals surface area contributed by atoms with Gasteiger partial charge >= 0.3 is 12.1 Å². The van der Waals surface area contributed by atoms with Gasteiger partial charge in [0.15, 0.2) is 6.61 Å². The van der Waals surface area contributed by atoms with E-state index in [4.69, 9.17) is 4.74 Å². The van der Waals surface area contributed by atoms with Crippen molar-refractivity contribution in [2.45, 2.75) is 38.9 Å². The summed E-state index contributed by atoms with van der Waals surface area (Å²) in [5, 5.41) is 13.6. The molecule has 1 fully saturated rings. The number of nitrogens with zero attached hydrogens (tertiary/aromatic N) is 2. The van der Waals surface area contributed by atoms with Crippen LogP contribution in [-0.2, 0) is 20.5 Å². The Morgan fingerprint density at radius 3 is 2.69 bits per heavy atom. The molecule has 0 spiro atoms. The summed E-state index contributed by atoms with van der Waals surface area (Å²) in [6.45, 7) is 4.06. The highest BCUT2D eigenvalue weighted by molar-refractivity contribution is 5.84. The van der Waals surface area contributed by atoms with E-state index in [1.807, 2.05) is 6.92 Å². The van der Waals surface area contributed by atoms with Crippen molar-refractivity contribution in [2.75, 3.05) is 25.0 Å². The van der Waals surface area contributed by atoms with Gasteiger partial charge in [0.1, 0.15) is 11.7 Å². The molecule has 2 rings (SSSR count). The molecule has 11 heteroatoms. The Kier molecular flexibility index (Phi) is 7.04. The molecule has 0 aliphatic carbocycles. The van der Waals surface area contributed by atoms with Gasteiger partial charge in [-0.3, -0.25) is 14.9 Å².